The molecule has 66 valence electrons. The monoisotopic (exact) mass is 158 g/mol. The molecular weight excluding hydrogens is 140 g/mol. The summed E-state index contributed by atoms with van der Waals surface area (Å²) in [5, 5.41) is 9.40. The van der Waals surface area contributed by atoms with Gasteiger partial charge in [-0.1, -0.05) is 0 Å². The summed E-state index contributed by atoms with van der Waals surface area (Å²) in [4.78, 5) is 2.23. The molecule has 0 amide bonds. The topological polar surface area (TPSA) is 49.5 Å². The van der Waals surface area contributed by atoms with Gasteiger partial charge in [0.2, 0.25) is 0 Å². The molecule has 1 rings (SSSR count). The van der Waals surface area contributed by atoms with Crippen LogP contribution in [-0.4, -0.2) is 34.9 Å². The SMILES string of the molecule is CC1CC(O)CC(C)N1CN. The maximum Gasteiger partial charge on any atom is 0.0569 e. The maximum absolute atomic E-state index is 9.40. The van der Waals surface area contributed by atoms with Crippen LogP contribution in [0, 0.1) is 0 Å². The van der Waals surface area contributed by atoms with Crippen LogP contribution < -0.4 is 5.73 Å². The Bertz CT molecular complexity index is 117. The number of nitrogens with zero attached hydrogens (tertiary/aromatic N) is 1. The molecule has 1 heterocycles. The minimum atomic E-state index is -0.122. The van der Waals surface area contributed by atoms with E-state index in [2.05, 4.69) is 18.7 Å². The second kappa shape index (κ2) is 3.52. The van der Waals surface area contributed by atoms with Crippen LogP contribution in [0.2, 0.25) is 0 Å². The van der Waals surface area contributed by atoms with Gasteiger partial charge in [0, 0.05) is 18.8 Å². The molecule has 0 aliphatic carbocycles. The fourth-order valence-corrected chi connectivity index (χ4v) is 1.95. The highest BCUT2D eigenvalue weighted by Crippen LogP contribution is 2.21. The van der Waals surface area contributed by atoms with Crippen LogP contribution in [0.15, 0.2) is 0 Å². The minimum absolute atomic E-state index is 0.122. The molecule has 0 saturated carbocycles. The van der Waals surface area contributed by atoms with E-state index in [1.54, 1.807) is 0 Å². The van der Waals surface area contributed by atoms with Crippen molar-refractivity contribution in [2.75, 3.05) is 6.67 Å². The van der Waals surface area contributed by atoms with E-state index in [1.165, 1.54) is 0 Å². The number of hydrogen-bond acceptors (Lipinski definition) is 3. The van der Waals surface area contributed by atoms with Crippen LogP contribution in [0.5, 0.6) is 0 Å². The molecule has 3 nitrogen and oxygen atoms in total. The van der Waals surface area contributed by atoms with E-state index in [0.29, 0.717) is 18.8 Å². The molecule has 3 N–H and O–H groups in total. The Morgan fingerprint density at radius 1 is 1.36 bits per heavy atom. The number of hydrogen-bond donors (Lipinski definition) is 2. The van der Waals surface area contributed by atoms with Gasteiger partial charge in [-0.3, -0.25) is 4.90 Å². The first-order valence-electron chi connectivity index (χ1n) is 4.29. The van der Waals surface area contributed by atoms with Gasteiger partial charge in [0.25, 0.3) is 0 Å². The lowest BCUT2D eigenvalue weighted by atomic mass is 9.95. The lowest BCUT2D eigenvalue weighted by Gasteiger charge is -2.40. The molecule has 0 aromatic carbocycles. The normalized spacial score (nSPS) is 40.9. The number of aliphatic hydroxyl groups excluding tert-OH is 1. The quantitative estimate of drug-likeness (QED) is 0.570. The molecule has 0 bridgehead atoms. The second-order valence-corrected chi connectivity index (χ2v) is 3.52. The standard InChI is InChI=1S/C8H18N2O/c1-6-3-8(11)4-7(2)10(6)5-9/h6-8,11H,3-5,9H2,1-2H3. The Morgan fingerprint density at radius 2 is 1.82 bits per heavy atom. The first kappa shape index (κ1) is 8.97. The van der Waals surface area contributed by atoms with Crippen LogP contribution in [-0.2, 0) is 0 Å². The lowest BCUT2D eigenvalue weighted by Crippen LogP contribution is -2.50. The van der Waals surface area contributed by atoms with Crippen molar-refractivity contribution in [3.63, 3.8) is 0 Å². The molecule has 1 aliphatic heterocycles. The van der Waals surface area contributed by atoms with Crippen molar-refractivity contribution >= 4 is 0 Å². The Labute approximate surface area is 68.2 Å². The van der Waals surface area contributed by atoms with Crippen molar-refractivity contribution < 1.29 is 5.11 Å². The summed E-state index contributed by atoms with van der Waals surface area (Å²) in [7, 11) is 0. The molecule has 0 radical (unpaired) electrons. The van der Waals surface area contributed by atoms with Crippen LogP contribution >= 0.6 is 0 Å². The largest absolute Gasteiger partial charge is 0.393 e. The zero-order valence-corrected chi connectivity index (χ0v) is 7.33. The summed E-state index contributed by atoms with van der Waals surface area (Å²) in [5.41, 5.74) is 5.57. The summed E-state index contributed by atoms with van der Waals surface area (Å²) < 4.78 is 0. The Hall–Kier alpha value is -0.120. The molecule has 1 saturated heterocycles. The summed E-state index contributed by atoms with van der Waals surface area (Å²) in [6.45, 7) is 4.84. The Morgan fingerprint density at radius 3 is 2.18 bits per heavy atom. The zero-order chi connectivity index (χ0) is 8.43. The van der Waals surface area contributed by atoms with E-state index in [4.69, 9.17) is 5.73 Å². The first-order chi connectivity index (χ1) is 5.15. The summed E-state index contributed by atoms with van der Waals surface area (Å²) in [5.74, 6) is 0. The second-order valence-electron chi connectivity index (χ2n) is 3.52. The van der Waals surface area contributed by atoms with E-state index < -0.39 is 0 Å². The first-order valence-corrected chi connectivity index (χ1v) is 4.29. The van der Waals surface area contributed by atoms with Crippen molar-refractivity contribution in [3.8, 4) is 0 Å². The van der Waals surface area contributed by atoms with Gasteiger partial charge in [-0.15, -0.1) is 0 Å². The summed E-state index contributed by atoms with van der Waals surface area (Å²) in [6.07, 6.45) is 1.60. The Balaban J connectivity index is 2.52. The third-order valence-electron chi connectivity index (χ3n) is 2.57. The van der Waals surface area contributed by atoms with E-state index in [0.717, 1.165) is 12.8 Å². The van der Waals surface area contributed by atoms with Gasteiger partial charge in [0.15, 0.2) is 0 Å². The van der Waals surface area contributed by atoms with Gasteiger partial charge in [-0.2, -0.15) is 0 Å². The number of rotatable bonds is 1. The van der Waals surface area contributed by atoms with Gasteiger partial charge in [0.05, 0.1) is 6.10 Å². The average Bonchev–Trinajstić information content (AvgIpc) is 1.85. The molecule has 0 aromatic heterocycles. The molecular formula is C8H18N2O. The van der Waals surface area contributed by atoms with Crippen molar-refractivity contribution in [1.82, 2.24) is 4.90 Å². The van der Waals surface area contributed by atoms with Crippen LogP contribution in [0.1, 0.15) is 26.7 Å². The highest BCUT2D eigenvalue weighted by molar-refractivity contribution is 4.82. The van der Waals surface area contributed by atoms with Crippen LogP contribution in [0.3, 0.4) is 0 Å². The predicted molar refractivity (Wildman–Crippen MR) is 45.1 cm³/mol. The van der Waals surface area contributed by atoms with E-state index in [-0.39, 0.29) is 6.10 Å². The number of likely N-dealkylation sites (tertiary alicyclic amines) is 1. The van der Waals surface area contributed by atoms with Gasteiger partial charge < -0.3 is 10.8 Å². The highest BCUT2D eigenvalue weighted by Gasteiger charge is 2.28. The van der Waals surface area contributed by atoms with Crippen molar-refractivity contribution in [2.24, 2.45) is 5.73 Å². The smallest absolute Gasteiger partial charge is 0.0569 e. The summed E-state index contributed by atoms with van der Waals surface area (Å²) >= 11 is 0. The van der Waals surface area contributed by atoms with Crippen LogP contribution in [0.25, 0.3) is 0 Å². The fraction of sp³-hybridized carbons (Fsp3) is 1.00. The molecule has 2 unspecified atom stereocenters. The van der Waals surface area contributed by atoms with E-state index in [1.807, 2.05) is 0 Å². The molecule has 0 aromatic rings. The molecule has 11 heavy (non-hydrogen) atoms. The van der Waals surface area contributed by atoms with E-state index in [9.17, 15) is 5.11 Å². The molecule has 1 fully saturated rings. The van der Waals surface area contributed by atoms with Gasteiger partial charge in [-0.25, -0.2) is 0 Å². The third kappa shape index (κ3) is 1.92. The van der Waals surface area contributed by atoms with Crippen molar-refractivity contribution in [2.45, 2.75) is 44.9 Å². The van der Waals surface area contributed by atoms with Crippen molar-refractivity contribution in [1.29, 1.82) is 0 Å². The Kier molecular flexibility index (Phi) is 2.87. The molecule has 3 heteroatoms. The number of aliphatic hydroxyl groups is 1. The lowest BCUT2D eigenvalue weighted by molar-refractivity contribution is 0.0150. The predicted octanol–water partition coefficient (Wildman–Crippen LogP) is 0.136. The van der Waals surface area contributed by atoms with E-state index >= 15 is 0 Å². The molecule has 2 atom stereocenters. The fourth-order valence-electron chi connectivity index (χ4n) is 1.95. The highest BCUT2D eigenvalue weighted by atomic mass is 16.3. The molecule has 0 spiro atoms. The van der Waals surface area contributed by atoms with Gasteiger partial charge in [-0.05, 0) is 26.7 Å². The number of piperidine rings is 1. The van der Waals surface area contributed by atoms with Gasteiger partial charge in [0.1, 0.15) is 0 Å². The number of nitrogens with two attached hydrogens (primary N) is 1. The maximum atomic E-state index is 9.40. The van der Waals surface area contributed by atoms with Crippen molar-refractivity contribution in [3.05, 3.63) is 0 Å². The zero-order valence-electron chi connectivity index (χ0n) is 7.33. The average molecular weight is 158 g/mol. The van der Waals surface area contributed by atoms with Gasteiger partial charge >= 0.3 is 0 Å². The summed E-state index contributed by atoms with van der Waals surface area (Å²) in [6, 6.07) is 0.859. The van der Waals surface area contributed by atoms with Crippen LogP contribution in [0.4, 0.5) is 0 Å². The third-order valence-corrected chi connectivity index (χ3v) is 2.57. The minimum Gasteiger partial charge on any atom is -0.393 e. The molecule has 1 aliphatic rings.